The van der Waals surface area contributed by atoms with Crippen molar-refractivity contribution in [2.24, 2.45) is 0 Å². The van der Waals surface area contributed by atoms with E-state index < -0.39 is 0 Å². The van der Waals surface area contributed by atoms with Gasteiger partial charge in [0, 0.05) is 33.5 Å². The Morgan fingerprint density at radius 2 is 1.85 bits per heavy atom. The van der Waals surface area contributed by atoms with Gasteiger partial charge in [-0.1, -0.05) is 41.9 Å². The average Bonchev–Trinajstić information content (AvgIpc) is 3.21. The van der Waals surface area contributed by atoms with E-state index in [0.29, 0.717) is 11.4 Å². The quantitative estimate of drug-likeness (QED) is 0.495. The minimum absolute atomic E-state index is 0.0335. The van der Waals surface area contributed by atoms with Gasteiger partial charge in [-0.05, 0) is 37.1 Å². The van der Waals surface area contributed by atoms with E-state index in [2.05, 4.69) is 10.3 Å². The maximum absolute atomic E-state index is 12.6. The van der Waals surface area contributed by atoms with E-state index in [4.69, 9.17) is 11.6 Å². The summed E-state index contributed by atoms with van der Waals surface area (Å²) in [5, 5.41) is 5.73. The first-order valence-electron chi connectivity index (χ1n) is 8.59. The number of anilines is 1. The van der Waals surface area contributed by atoms with E-state index in [-0.39, 0.29) is 5.91 Å². The minimum atomic E-state index is -0.0335. The van der Waals surface area contributed by atoms with E-state index in [1.165, 1.54) is 11.3 Å². The molecule has 0 atom stereocenters. The number of imidazole rings is 1. The summed E-state index contributed by atoms with van der Waals surface area (Å²) in [6, 6.07) is 13.6. The number of aryl methyl sites for hydroxylation is 2. The molecular weight excluding hydrogens is 378 g/mol. The lowest BCUT2D eigenvalue weighted by molar-refractivity contribution is -0.115. The van der Waals surface area contributed by atoms with Crippen molar-refractivity contribution in [3.63, 3.8) is 0 Å². The van der Waals surface area contributed by atoms with Crippen molar-refractivity contribution < 1.29 is 4.79 Å². The van der Waals surface area contributed by atoms with Crippen LogP contribution in [0.15, 0.2) is 54.0 Å². The zero-order valence-corrected chi connectivity index (χ0v) is 16.6. The third-order valence-corrected chi connectivity index (χ3v) is 5.65. The second kappa shape index (κ2) is 7.18. The molecule has 0 radical (unpaired) electrons. The highest BCUT2D eigenvalue weighted by molar-refractivity contribution is 7.15. The molecule has 4 aromatic rings. The predicted molar refractivity (Wildman–Crippen MR) is 112 cm³/mol. The van der Waals surface area contributed by atoms with Crippen LogP contribution in [0.25, 0.3) is 16.2 Å². The van der Waals surface area contributed by atoms with Gasteiger partial charge in [0.15, 0.2) is 4.96 Å². The van der Waals surface area contributed by atoms with E-state index in [1.54, 1.807) is 0 Å². The van der Waals surface area contributed by atoms with Crippen LogP contribution in [-0.2, 0) is 11.2 Å². The number of para-hydroxylation sites is 1. The normalized spacial score (nSPS) is 11.1. The summed E-state index contributed by atoms with van der Waals surface area (Å²) in [4.78, 5) is 18.1. The Labute approximate surface area is 166 Å². The second-order valence-corrected chi connectivity index (χ2v) is 7.78. The average molecular weight is 396 g/mol. The van der Waals surface area contributed by atoms with Gasteiger partial charge in [-0.2, -0.15) is 0 Å². The summed E-state index contributed by atoms with van der Waals surface area (Å²) in [5.41, 5.74) is 5.81. The number of fused-ring (bicyclic) bond motifs is 1. The Hall–Kier alpha value is -2.63. The number of halogens is 1. The van der Waals surface area contributed by atoms with E-state index in [1.807, 2.05) is 72.3 Å². The molecular formula is C21H18ClN3OS. The predicted octanol–water partition coefficient (Wildman–Crippen LogP) is 5.51. The Balaban J connectivity index is 1.57. The SMILES string of the molecule is Cc1cccc(C)c1NC(=O)Cc1csc2nc(-c3ccc(Cl)cc3)cn12. The number of thiazole rings is 1. The van der Waals surface area contributed by atoms with E-state index in [9.17, 15) is 4.79 Å². The van der Waals surface area contributed by atoms with Crippen molar-refractivity contribution in [2.75, 3.05) is 5.32 Å². The van der Waals surface area contributed by atoms with Crippen LogP contribution in [0.2, 0.25) is 5.02 Å². The zero-order valence-electron chi connectivity index (χ0n) is 15.0. The van der Waals surface area contributed by atoms with Crippen molar-refractivity contribution >= 4 is 39.5 Å². The number of amides is 1. The third-order valence-electron chi connectivity index (χ3n) is 4.51. The monoisotopic (exact) mass is 395 g/mol. The van der Waals surface area contributed by atoms with Crippen molar-refractivity contribution in [2.45, 2.75) is 20.3 Å². The van der Waals surface area contributed by atoms with Gasteiger partial charge in [-0.15, -0.1) is 11.3 Å². The van der Waals surface area contributed by atoms with Gasteiger partial charge in [0.25, 0.3) is 0 Å². The molecule has 2 heterocycles. The fourth-order valence-corrected chi connectivity index (χ4v) is 4.07. The molecule has 6 heteroatoms. The van der Waals surface area contributed by atoms with Crippen LogP contribution in [0.4, 0.5) is 5.69 Å². The standard InChI is InChI=1S/C21H18ClN3OS/c1-13-4-3-5-14(2)20(13)24-19(26)10-17-12-27-21-23-18(11-25(17)21)15-6-8-16(22)9-7-15/h3-9,11-12H,10H2,1-2H3,(H,24,26). The third kappa shape index (κ3) is 3.61. The first-order chi connectivity index (χ1) is 13.0. The van der Waals surface area contributed by atoms with Gasteiger partial charge >= 0.3 is 0 Å². The number of hydrogen-bond donors (Lipinski definition) is 1. The molecule has 0 aliphatic carbocycles. The van der Waals surface area contributed by atoms with Gasteiger partial charge in [0.2, 0.25) is 5.91 Å². The number of nitrogens with zero attached hydrogens (tertiary/aromatic N) is 2. The van der Waals surface area contributed by atoms with Crippen LogP contribution >= 0.6 is 22.9 Å². The lowest BCUT2D eigenvalue weighted by atomic mass is 10.1. The van der Waals surface area contributed by atoms with Crippen molar-refractivity contribution in [1.29, 1.82) is 0 Å². The summed E-state index contributed by atoms with van der Waals surface area (Å²) in [7, 11) is 0. The molecule has 136 valence electrons. The number of carbonyl (C=O) groups is 1. The molecule has 0 bridgehead atoms. The molecule has 2 aromatic carbocycles. The second-order valence-electron chi connectivity index (χ2n) is 6.50. The highest BCUT2D eigenvalue weighted by atomic mass is 35.5. The van der Waals surface area contributed by atoms with Crippen LogP contribution in [0.1, 0.15) is 16.8 Å². The number of benzene rings is 2. The molecule has 0 aliphatic rings. The highest BCUT2D eigenvalue weighted by Gasteiger charge is 2.14. The molecule has 0 unspecified atom stereocenters. The minimum Gasteiger partial charge on any atom is -0.325 e. The zero-order chi connectivity index (χ0) is 19.0. The topological polar surface area (TPSA) is 46.4 Å². The number of hydrogen-bond acceptors (Lipinski definition) is 3. The fourth-order valence-electron chi connectivity index (χ4n) is 3.08. The van der Waals surface area contributed by atoms with E-state index >= 15 is 0 Å². The number of rotatable bonds is 4. The van der Waals surface area contributed by atoms with Gasteiger partial charge < -0.3 is 5.32 Å². The number of aromatic nitrogens is 2. The Morgan fingerprint density at radius 3 is 2.56 bits per heavy atom. The Morgan fingerprint density at radius 1 is 1.15 bits per heavy atom. The molecule has 4 rings (SSSR count). The molecule has 0 saturated heterocycles. The summed E-state index contributed by atoms with van der Waals surface area (Å²) >= 11 is 7.49. The van der Waals surface area contributed by atoms with Crippen LogP contribution in [0.5, 0.6) is 0 Å². The Kier molecular flexibility index (Phi) is 4.72. The number of nitrogens with one attached hydrogen (secondary N) is 1. The largest absolute Gasteiger partial charge is 0.325 e. The molecule has 0 fully saturated rings. The van der Waals surface area contributed by atoms with Crippen molar-refractivity contribution in [1.82, 2.24) is 9.38 Å². The molecule has 4 nitrogen and oxygen atoms in total. The lowest BCUT2D eigenvalue weighted by Crippen LogP contribution is -2.16. The smallest absolute Gasteiger partial charge is 0.230 e. The number of carbonyl (C=O) groups excluding carboxylic acids is 1. The molecule has 27 heavy (non-hydrogen) atoms. The molecule has 1 N–H and O–H groups in total. The summed E-state index contributed by atoms with van der Waals surface area (Å²) < 4.78 is 1.99. The van der Waals surface area contributed by atoms with Crippen molar-refractivity contribution in [3.05, 3.63) is 75.9 Å². The maximum Gasteiger partial charge on any atom is 0.230 e. The maximum atomic E-state index is 12.6. The lowest BCUT2D eigenvalue weighted by Gasteiger charge is -2.11. The Bertz CT molecular complexity index is 1110. The van der Waals surface area contributed by atoms with Crippen LogP contribution in [-0.4, -0.2) is 15.3 Å². The van der Waals surface area contributed by atoms with Gasteiger partial charge in [0.05, 0.1) is 12.1 Å². The summed E-state index contributed by atoms with van der Waals surface area (Å²) in [5.74, 6) is -0.0335. The molecule has 1 amide bonds. The van der Waals surface area contributed by atoms with Crippen LogP contribution in [0.3, 0.4) is 0 Å². The fraction of sp³-hybridized carbons (Fsp3) is 0.143. The first kappa shape index (κ1) is 17.8. The van der Waals surface area contributed by atoms with Crippen molar-refractivity contribution in [3.8, 4) is 11.3 Å². The van der Waals surface area contributed by atoms with Crippen LogP contribution < -0.4 is 5.32 Å². The van der Waals surface area contributed by atoms with E-state index in [0.717, 1.165) is 38.7 Å². The summed E-state index contributed by atoms with van der Waals surface area (Å²) in [6.45, 7) is 4.00. The first-order valence-corrected chi connectivity index (χ1v) is 9.84. The molecule has 0 saturated carbocycles. The summed E-state index contributed by atoms with van der Waals surface area (Å²) in [6.07, 6.45) is 2.26. The molecule has 2 aromatic heterocycles. The molecule has 0 aliphatic heterocycles. The van der Waals surface area contributed by atoms with Crippen LogP contribution in [0, 0.1) is 13.8 Å². The van der Waals surface area contributed by atoms with Gasteiger partial charge in [0.1, 0.15) is 0 Å². The highest BCUT2D eigenvalue weighted by Crippen LogP contribution is 2.25. The molecule has 0 spiro atoms. The van der Waals surface area contributed by atoms with Gasteiger partial charge in [-0.3, -0.25) is 9.20 Å². The van der Waals surface area contributed by atoms with Gasteiger partial charge in [-0.25, -0.2) is 4.98 Å².